The van der Waals surface area contributed by atoms with E-state index in [9.17, 15) is 29.4 Å². The normalized spacial score (nSPS) is 13.5. The first-order chi connectivity index (χ1) is 16.5. The third-order valence-electron chi connectivity index (χ3n) is 5.10. The van der Waals surface area contributed by atoms with E-state index < -0.39 is 48.4 Å². The van der Waals surface area contributed by atoms with Crippen molar-refractivity contribution in [2.45, 2.75) is 51.2 Å². The van der Waals surface area contributed by atoms with Crippen LogP contribution in [0.3, 0.4) is 0 Å². The van der Waals surface area contributed by atoms with Gasteiger partial charge < -0.3 is 36.9 Å². The molecule has 35 heavy (non-hydrogen) atoms. The zero-order valence-electron chi connectivity index (χ0n) is 19.7. The molecule has 0 aliphatic heterocycles. The van der Waals surface area contributed by atoms with Crippen LogP contribution in [-0.4, -0.2) is 68.5 Å². The number of nitrogens with two attached hydrogens (primary N) is 1. The first-order valence-corrected chi connectivity index (χ1v) is 11.2. The van der Waals surface area contributed by atoms with Crippen molar-refractivity contribution in [1.82, 2.24) is 25.9 Å². The average molecular weight is 489 g/mol. The van der Waals surface area contributed by atoms with Gasteiger partial charge in [-0.2, -0.15) is 0 Å². The number of carbonyl (C=O) groups excluding carboxylic acids is 3. The molecule has 1 heterocycles. The van der Waals surface area contributed by atoms with E-state index in [2.05, 4.69) is 25.9 Å². The predicted molar refractivity (Wildman–Crippen MR) is 126 cm³/mol. The molecule has 0 aliphatic rings. The fourth-order valence-electron chi connectivity index (χ4n) is 3.31. The highest BCUT2D eigenvalue weighted by Gasteiger charge is 2.28. The van der Waals surface area contributed by atoms with Gasteiger partial charge in [-0.05, 0) is 36.5 Å². The maximum Gasteiger partial charge on any atom is 0.326 e. The summed E-state index contributed by atoms with van der Waals surface area (Å²) in [5.41, 5.74) is 7.17. The third-order valence-corrected chi connectivity index (χ3v) is 5.10. The number of H-pyrrole nitrogens is 1. The number of aromatic amines is 1. The van der Waals surface area contributed by atoms with Crippen molar-refractivity contribution >= 4 is 23.7 Å². The molecule has 2 aromatic rings. The fraction of sp³-hybridized carbons (Fsp3) is 0.435. The number of aromatic hydroxyl groups is 1. The summed E-state index contributed by atoms with van der Waals surface area (Å²) in [7, 11) is 0. The standard InChI is InChI=1S/C23H32N6O6/c1-13(2)7-18(22(33)29-19(23(34)35)9-15-10-25-12-27-15)28-20(31)11-26-21(32)17(24)8-14-3-5-16(30)6-4-14/h3-6,10,12-13,17-19,30H,7-9,11,24H2,1-2H3,(H,25,27)(H,26,32)(H,28,31)(H,29,33)(H,34,35). The molecule has 0 bridgehead atoms. The number of benzene rings is 1. The van der Waals surface area contributed by atoms with Gasteiger partial charge >= 0.3 is 5.97 Å². The minimum Gasteiger partial charge on any atom is -0.508 e. The van der Waals surface area contributed by atoms with Gasteiger partial charge in [-0.3, -0.25) is 14.4 Å². The van der Waals surface area contributed by atoms with Crippen LogP contribution in [0, 0.1) is 5.92 Å². The molecule has 0 radical (unpaired) electrons. The molecule has 3 amide bonds. The van der Waals surface area contributed by atoms with Crippen LogP contribution in [0.15, 0.2) is 36.8 Å². The van der Waals surface area contributed by atoms with Crippen molar-refractivity contribution in [1.29, 1.82) is 0 Å². The Balaban J connectivity index is 1.90. The van der Waals surface area contributed by atoms with Crippen LogP contribution in [0.2, 0.25) is 0 Å². The number of aromatic nitrogens is 2. The number of amides is 3. The molecule has 12 nitrogen and oxygen atoms in total. The molecule has 8 N–H and O–H groups in total. The maximum absolute atomic E-state index is 12.8. The molecule has 0 spiro atoms. The fourth-order valence-corrected chi connectivity index (χ4v) is 3.31. The summed E-state index contributed by atoms with van der Waals surface area (Å²) in [6.07, 6.45) is 3.34. The van der Waals surface area contributed by atoms with Crippen molar-refractivity contribution in [3.63, 3.8) is 0 Å². The first kappa shape index (κ1) is 27.3. The highest BCUT2D eigenvalue weighted by molar-refractivity contribution is 5.92. The summed E-state index contributed by atoms with van der Waals surface area (Å²) in [5.74, 6) is -2.92. The zero-order valence-corrected chi connectivity index (χ0v) is 19.7. The van der Waals surface area contributed by atoms with E-state index in [-0.39, 0.29) is 30.9 Å². The number of carboxylic acid groups (broad SMARTS) is 1. The predicted octanol–water partition coefficient (Wildman–Crippen LogP) is -0.556. The molecule has 0 saturated carbocycles. The number of carboxylic acids is 1. The minimum atomic E-state index is -1.22. The molecule has 1 aromatic carbocycles. The van der Waals surface area contributed by atoms with Crippen molar-refractivity contribution < 1.29 is 29.4 Å². The summed E-state index contributed by atoms with van der Waals surface area (Å²) in [6, 6.07) is 3.12. The number of nitrogens with zero attached hydrogens (tertiary/aromatic N) is 1. The Hall–Kier alpha value is -3.93. The highest BCUT2D eigenvalue weighted by atomic mass is 16.4. The van der Waals surface area contributed by atoms with E-state index in [1.165, 1.54) is 24.7 Å². The Labute approximate surface area is 202 Å². The highest BCUT2D eigenvalue weighted by Crippen LogP contribution is 2.11. The van der Waals surface area contributed by atoms with Gasteiger partial charge in [-0.15, -0.1) is 0 Å². The number of phenols is 1. The summed E-state index contributed by atoms with van der Waals surface area (Å²) >= 11 is 0. The Morgan fingerprint density at radius 3 is 2.29 bits per heavy atom. The van der Waals surface area contributed by atoms with Crippen LogP contribution in [-0.2, 0) is 32.0 Å². The van der Waals surface area contributed by atoms with Gasteiger partial charge in [0.05, 0.1) is 18.9 Å². The molecular formula is C23H32N6O6. The van der Waals surface area contributed by atoms with E-state index in [1.807, 2.05) is 13.8 Å². The lowest BCUT2D eigenvalue weighted by molar-refractivity contribution is -0.142. The topological polar surface area (TPSA) is 200 Å². The second kappa shape index (κ2) is 13.1. The van der Waals surface area contributed by atoms with Crippen LogP contribution in [0.1, 0.15) is 31.5 Å². The molecular weight excluding hydrogens is 456 g/mol. The van der Waals surface area contributed by atoms with Gasteiger partial charge in [0, 0.05) is 18.3 Å². The zero-order chi connectivity index (χ0) is 26.0. The molecule has 1 aromatic heterocycles. The lowest BCUT2D eigenvalue weighted by Crippen LogP contribution is -2.54. The van der Waals surface area contributed by atoms with Gasteiger partial charge in [0.15, 0.2) is 0 Å². The van der Waals surface area contributed by atoms with E-state index >= 15 is 0 Å². The van der Waals surface area contributed by atoms with Crippen molar-refractivity contribution in [2.24, 2.45) is 11.7 Å². The molecule has 12 heteroatoms. The van der Waals surface area contributed by atoms with Crippen LogP contribution in [0.5, 0.6) is 5.75 Å². The second-order valence-corrected chi connectivity index (χ2v) is 8.62. The van der Waals surface area contributed by atoms with Crippen LogP contribution in [0.4, 0.5) is 0 Å². The summed E-state index contributed by atoms with van der Waals surface area (Å²) in [4.78, 5) is 55.7. The molecule has 0 fully saturated rings. The Kier molecular flexibility index (Phi) is 10.2. The number of rotatable bonds is 13. The number of aliphatic carboxylic acids is 1. The van der Waals surface area contributed by atoms with Crippen LogP contribution < -0.4 is 21.7 Å². The Morgan fingerprint density at radius 2 is 1.71 bits per heavy atom. The van der Waals surface area contributed by atoms with Crippen molar-refractivity contribution in [2.75, 3.05) is 6.54 Å². The van der Waals surface area contributed by atoms with Crippen LogP contribution in [0.25, 0.3) is 0 Å². The number of carbonyl (C=O) groups is 4. The van der Waals surface area contributed by atoms with Gasteiger partial charge in [0.25, 0.3) is 0 Å². The SMILES string of the molecule is CC(C)CC(NC(=O)CNC(=O)C(N)Cc1ccc(O)cc1)C(=O)NC(Cc1cnc[nH]1)C(=O)O. The molecule has 0 aliphatic carbocycles. The number of hydrogen-bond acceptors (Lipinski definition) is 7. The minimum absolute atomic E-state index is 0.00159. The van der Waals surface area contributed by atoms with Crippen LogP contribution >= 0.6 is 0 Å². The second-order valence-electron chi connectivity index (χ2n) is 8.62. The monoisotopic (exact) mass is 488 g/mol. The quantitative estimate of drug-likeness (QED) is 0.194. The number of nitrogens with one attached hydrogen (secondary N) is 4. The third kappa shape index (κ3) is 9.45. The van der Waals surface area contributed by atoms with E-state index in [1.54, 1.807) is 12.1 Å². The lowest BCUT2D eigenvalue weighted by atomic mass is 10.0. The number of hydrogen-bond donors (Lipinski definition) is 7. The van der Waals surface area contributed by atoms with Gasteiger partial charge in [0.1, 0.15) is 17.8 Å². The van der Waals surface area contributed by atoms with E-state index in [0.717, 1.165) is 5.56 Å². The molecule has 3 atom stereocenters. The largest absolute Gasteiger partial charge is 0.508 e. The lowest BCUT2D eigenvalue weighted by Gasteiger charge is -2.23. The Morgan fingerprint density at radius 1 is 1.03 bits per heavy atom. The molecule has 190 valence electrons. The smallest absolute Gasteiger partial charge is 0.326 e. The van der Waals surface area contributed by atoms with Crippen molar-refractivity contribution in [3.8, 4) is 5.75 Å². The Bertz CT molecular complexity index is 992. The van der Waals surface area contributed by atoms with E-state index in [0.29, 0.717) is 5.69 Å². The molecule has 0 saturated heterocycles. The van der Waals surface area contributed by atoms with E-state index in [4.69, 9.17) is 5.73 Å². The molecule has 2 rings (SSSR count). The average Bonchev–Trinajstić information content (AvgIpc) is 3.30. The first-order valence-electron chi connectivity index (χ1n) is 11.2. The summed E-state index contributed by atoms with van der Waals surface area (Å²) in [6.45, 7) is 3.31. The summed E-state index contributed by atoms with van der Waals surface area (Å²) < 4.78 is 0. The molecule has 3 unspecified atom stereocenters. The van der Waals surface area contributed by atoms with Crippen molar-refractivity contribution in [3.05, 3.63) is 48.0 Å². The maximum atomic E-state index is 12.8. The van der Waals surface area contributed by atoms with Gasteiger partial charge in [-0.25, -0.2) is 9.78 Å². The number of imidazole rings is 1. The van der Waals surface area contributed by atoms with Gasteiger partial charge in [-0.1, -0.05) is 26.0 Å². The van der Waals surface area contributed by atoms with Gasteiger partial charge in [0.2, 0.25) is 17.7 Å². The summed E-state index contributed by atoms with van der Waals surface area (Å²) in [5, 5.41) is 26.2. The number of phenolic OH excluding ortho intramolecular Hbond substituents is 1.